The van der Waals surface area contributed by atoms with E-state index in [1.54, 1.807) is 6.07 Å². The van der Waals surface area contributed by atoms with Crippen molar-refractivity contribution >= 4 is 23.1 Å². The van der Waals surface area contributed by atoms with Crippen molar-refractivity contribution in [3.05, 3.63) is 36.5 Å². The molecular formula is C8H8ClFMgO. The van der Waals surface area contributed by atoms with Crippen LogP contribution in [0.5, 0.6) is 5.75 Å². The molecule has 62 valence electrons. The smallest absolute Gasteiger partial charge is 1.00 e. The minimum atomic E-state index is -0.286. The number of ether oxygens (including phenoxy) is 1. The van der Waals surface area contributed by atoms with Crippen LogP contribution in [0.1, 0.15) is 5.56 Å². The second-order valence-electron chi connectivity index (χ2n) is 1.96. The molecule has 0 spiro atoms. The largest absolute Gasteiger partial charge is 2.00 e. The van der Waals surface area contributed by atoms with Gasteiger partial charge >= 0.3 is 23.1 Å². The molecule has 0 aliphatic heterocycles. The second kappa shape index (κ2) is 6.40. The number of methoxy groups -OCH3 is 1. The third kappa shape index (κ3) is 3.52. The van der Waals surface area contributed by atoms with Crippen LogP contribution in [0.2, 0.25) is 0 Å². The minimum Gasteiger partial charge on any atom is -1.00 e. The van der Waals surface area contributed by atoms with Gasteiger partial charge in [-0.15, -0.1) is 6.07 Å². The first-order chi connectivity index (χ1) is 4.74. The van der Waals surface area contributed by atoms with Gasteiger partial charge in [-0.1, -0.05) is 6.07 Å². The maximum Gasteiger partial charge on any atom is 2.00 e. The Morgan fingerprint density at radius 2 is 2.00 bits per heavy atom. The Hall–Kier alpha value is -0.124. The van der Waals surface area contributed by atoms with Gasteiger partial charge in [-0.25, -0.2) is 4.39 Å². The summed E-state index contributed by atoms with van der Waals surface area (Å²) in [6, 6.07) is 4.23. The number of benzene rings is 1. The average Bonchev–Trinajstić information content (AvgIpc) is 1.88. The number of rotatable bonds is 1. The molecule has 12 heavy (non-hydrogen) atoms. The van der Waals surface area contributed by atoms with Gasteiger partial charge in [0, 0.05) is 5.75 Å². The van der Waals surface area contributed by atoms with Crippen molar-refractivity contribution < 1.29 is 21.5 Å². The molecule has 0 N–H and O–H groups in total. The number of hydrogen-bond acceptors (Lipinski definition) is 1. The molecule has 1 aromatic carbocycles. The molecule has 0 bridgehead atoms. The van der Waals surface area contributed by atoms with Crippen molar-refractivity contribution in [2.45, 2.75) is 0 Å². The molecule has 0 aliphatic carbocycles. The molecule has 1 aromatic rings. The van der Waals surface area contributed by atoms with Crippen LogP contribution in [0.4, 0.5) is 4.39 Å². The molecule has 0 saturated carbocycles. The topological polar surface area (TPSA) is 9.23 Å². The van der Waals surface area contributed by atoms with Crippen LogP contribution in [-0.4, -0.2) is 30.2 Å². The van der Waals surface area contributed by atoms with Gasteiger partial charge in [-0.2, -0.15) is 12.5 Å². The van der Waals surface area contributed by atoms with E-state index in [0.717, 1.165) is 0 Å². The molecular weight excluding hydrogens is 191 g/mol. The summed E-state index contributed by atoms with van der Waals surface area (Å²) in [5.41, 5.74) is 0.572. The maximum atomic E-state index is 12.4. The molecule has 1 nitrogen and oxygen atoms in total. The summed E-state index contributed by atoms with van der Waals surface area (Å²) in [4.78, 5) is 0. The van der Waals surface area contributed by atoms with Crippen LogP contribution < -0.4 is 17.1 Å². The summed E-state index contributed by atoms with van der Waals surface area (Å²) in [6.07, 6.45) is 0. The van der Waals surface area contributed by atoms with E-state index < -0.39 is 0 Å². The van der Waals surface area contributed by atoms with Gasteiger partial charge in [-0.05, 0) is 6.07 Å². The zero-order chi connectivity index (χ0) is 7.56. The monoisotopic (exact) mass is 198 g/mol. The van der Waals surface area contributed by atoms with Crippen molar-refractivity contribution in [3.8, 4) is 5.75 Å². The van der Waals surface area contributed by atoms with Crippen molar-refractivity contribution in [2.75, 3.05) is 7.11 Å². The van der Waals surface area contributed by atoms with Crippen molar-refractivity contribution in [2.24, 2.45) is 0 Å². The van der Waals surface area contributed by atoms with E-state index in [4.69, 9.17) is 4.74 Å². The first-order valence-electron chi connectivity index (χ1n) is 2.89. The van der Waals surface area contributed by atoms with E-state index in [9.17, 15) is 4.39 Å². The molecule has 0 aliphatic rings. The normalized spacial score (nSPS) is 7.83. The summed E-state index contributed by atoms with van der Waals surface area (Å²) >= 11 is 0. The van der Waals surface area contributed by atoms with Gasteiger partial charge in [0.15, 0.2) is 0 Å². The fourth-order valence-corrected chi connectivity index (χ4v) is 0.747. The second-order valence-corrected chi connectivity index (χ2v) is 1.96. The maximum absolute atomic E-state index is 12.4. The Kier molecular flexibility index (Phi) is 7.68. The fourth-order valence-electron chi connectivity index (χ4n) is 0.747. The molecule has 0 unspecified atom stereocenters. The zero-order valence-corrected chi connectivity index (χ0v) is 8.98. The summed E-state index contributed by atoms with van der Waals surface area (Å²) in [5.74, 6) is 0.326. The minimum absolute atomic E-state index is 0. The summed E-state index contributed by atoms with van der Waals surface area (Å²) in [5, 5.41) is 0. The van der Waals surface area contributed by atoms with Crippen LogP contribution in [0.15, 0.2) is 18.2 Å². The third-order valence-electron chi connectivity index (χ3n) is 1.24. The quantitative estimate of drug-likeness (QED) is 0.401. The molecule has 0 fully saturated rings. The average molecular weight is 199 g/mol. The fraction of sp³-hybridized carbons (Fsp3) is 0.125. The number of halogens is 2. The van der Waals surface area contributed by atoms with Gasteiger partial charge in [0.1, 0.15) is 0 Å². The SMILES string of the molecule is [CH2-]c1cc(F)ccc1OC.[Cl-].[Mg+2]. The summed E-state index contributed by atoms with van der Waals surface area (Å²) < 4.78 is 17.3. The van der Waals surface area contributed by atoms with Crippen molar-refractivity contribution in [3.63, 3.8) is 0 Å². The predicted octanol–water partition coefficient (Wildman–Crippen LogP) is -1.36. The zero-order valence-electron chi connectivity index (χ0n) is 6.81. The molecule has 0 radical (unpaired) electrons. The van der Waals surface area contributed by atoms with E-state index in [1.165, 1.54) is 19.2 Å². The van der Waals surface area contributed by atoms with Crippen LogP contribution in [0.3, 0.4) is 0 Å². The Morgan fingerprint density at radius 3 is 2.42 bits per heavy atom. The Labute approximate surface area is 93.9 Å². The molecule has 0 saturated heterocycles. The van der Waals surface area contributed by atoms with Crippen LogP contribution in [0.25, 0.3) is 0 Å². The van der Waals surface area contributed by atoms with Crippen LogP contribution in [-0.2, 0) is 0 Å². The van der Waals surface area contributed by atoms with Gasteiger partial charge in [0.2, 0.25) is 0 Å². The van der Waals surface area contributed by atoms with Gasteiger partial charge in [0.25, 0.3) is 0 Å². The van der Waals surface area contributed by atoms with E-state index in [2.05, 4.69) is 6.92 Å². The standard InChI is InChI=1S/C8H8FO.ClH.Mg/c1-6-5-7(9)3-4-8(6)10-2;;/h3-5H,1H2,2H3;1H;/q-1;;+2/p-1. The molecule has 0 atom stereocenters. The first-order valence-corrected chi connectivity index (χ1v) is 2.89. The molecule has 1 rings (SSSR count). The van der Waals surface area contributed by atoms with Crippen molar-refractivity contribution in [1.29, 1.82) is 0 Å². The summed E-state index contributed by atoms with van der Waals surface area (Å²) in [7, 11) is 1.53. The summed E-state index contributed by atoms with van der Waals surface area (Å²) in [6.45, 7) is 3.59. The molecule has 4 heteroatoms. The van der Waals surface area contributed by atoms with Gasteiger partial charge < -0.3 is 17.1 Å². The van der Waals surface area contributed by atoms with E-state index in [-0.39, 0.29) is 41.3 Å². The Morgan fingerprint density at radius 1 is 1.42 bits per heavy atom. The first kappa shape index (κ1) is 14.4. The molecule has 0 amide bonds. The Balaban J connectivity index is 0. The van der Waals surface area contributed by atoms with Crippen molar-refractivity contribution in [1.82, 2.24) is 0 Å². The molecule has 0 aromatic heterocycles. The third-order valence-corrected chi connectivity index (χ3v) is 1.24. The molecule has 0 heterocycles. The van der Waals surface area contributed by atoms with E-state index in [1.807, 2.05) is 0 Å². The van der Waals surface area contributed by atoms with Gasteiger partial charge in [0.05, 0.1) is 12.9 Å². The van der Waals surface area contributed by atoms with E-state index in [0.29, 0.717) is 11.3 Å². The van der Waals surface area contributed by atoms with Crippen LogP contribution >= 0.6 is 0 Å². The van der Waals surface area contributed by atoms with E-state index >= 15 is 0 Å². The predicted molar refractivity (Wildman–Crippen MR) is 43.2 cm³/mol. The van der Waals surface area contributed by atoms with Gasteiger partial charge in [-0.3, -0.25) is 0 Å². The number of hydrogen-bond donors (Lipinski definition) is 0. The van der Waals surface area contributed by atoms with Crippen LogP contribution in [0, 0.1) is 12.7 Å². The Bertz CT molecular complexity index is 242.